The summed E-state index contributed by atoms with van der Waals surface area (Å²) in [5.74, 6) is -0.997. The Hall–Kier alpha value is -1.73. The molecule has 1 unspecified atom stereocenters. The van der Waals surface area contributed by atoms with Crippen LogP contribution in [0.15, 0.2) is 43.0 Å². The van der Waals surface area contributed by atoms with Gasteiger partial charge in [-0.1, -0.05) is 36.4 Å². The number of rotatable bonds is 10. The summed E-state index contributed by atoms with van der Waals surface area (Å²) < 4.78 is 0. The first-order valence-corrected chi connectivity index (χ1v) is 7.03. The topological polar surface area (TPSA) is 101 Å². The molecule has 0 saturated carbocycles. The molecule has 0 fully saturated rings. The summed E-state index contributed by atoms with van der Waals surface area (Å²) in [7, 11) is 0. The van der Waals surface area contributed by atoms with Crippen molar-refractivity contribution in [1.29, 1.82) is 0 Å². The van der Waals surface area contributed by atoms with Gasteiger partial charge in [0.1, 0.15) is 0 Å². The first-order valence-electron chi connectivity index (χ1n) is 7.03. The van der Waals surface area contributed by atoms with Crippen molar-refractivity contribution >= 4 is 5.97 Å². The lowest BCUT2D eigenvalue weighted by atomic mass is 9.94. The molecule has 4 N–H and O–H groups in total. The average molecular weight is 309 g/mol. The quantitative estimate of drug-likeness (QED) is 0.467. The largest absolute Gasteiger partial charge is 0.481 e. The monoisotopic (exact) mass is 309 g/mol. The Morgan fingerprint density at radius 1 is 1.18 bits per heavy atom. The van der Waals surface area contributed by atoms with Crippen molar-refractivity contribution in [2.45, 2.75) is 18.0 Å². The fourth-order valence-corrected chi connectivity index (χ4v) is 2.40. The van der Waals surface area contributed by atoms with Crippen LogP contribution in [0, 0.1) is 0 Å². The lowest BCUT2D eigenvalue weighted by molar-refractivity contribution is -0.138. The molecule has 0 radical (unpaired) electrons. The third-order valence-electron chi connectivity index (χ3n) is 3.76. The molecule has 1 rings (SSSR count). The number of aliphatic hydroxyl groups excluding tert-OH is 3. The molecule has 0 aliphatic carbocycles. The summed E-state index contributed by atoms with van der Waals surface area (Å²) in [4.78, 5) is 12.5. The first-order chi connectivity index (χ1) is 10.5. The van der Waals surface area contributed by atoms with Crippen LogP contribution in [0.25, 0.3) is 0 Å². The van der Waals surface area contributed by atoms with Crippen molar-refractivity contribution in [3.63, 3.8) is 0 Å². The van der Waals surface area contributed by atoms with E-state index >= 15 is 0 Å². The Morgan fingerprint density at radius 3 is 2.14 bits per heavy atom. The van der Waals surface area contributed by atoms with Gasteiger partial charge < -0.3 is 20.4 Å². The molecule has 122 valence electrons. The molecule has 0 bridgehead atoms. The maximum atomic E-state index is 10.9. The van der Waals surface area contributed by atoms with Gasteiger partial charge in [-0.05, 0) is 5.56 Å². The van der Waals surface area contributed by atoms with E-state index in [1.165, 1.54) is 0 Å². The molecule has 0 heterocycles. The van der Waals surface area contributed by atoms with Crippen LogP contribution < -0.4 is 0 Å². The lowest BCUT2D eigenvalue weighted by Gasteiger charge is -2.44. The molecule has 22 heavy (non-hydrogen) atoms. The highest BCUT2D eigenvalue weighted by molar-refractivity contribution is 5.66. The zero-order valence-electron chi connectivity index (χ0n) is 12.4. The Kier molecular flexibility index (Phi) is 7.20. The van der Waals surface area contributed by atoms with Crippen LogP contribution in [0.2, 0.25) is 0 Å². The Morgan fingerprint density at radius 2 is 1.73 bits per heavy atom. The van der Waals surface area contributed by atoms with Crippen LogP contribution in [0.3, 0.4) is 0 Å². The molecule has 0 aliphatic rings. The van der Waals surface area contributed by atoms with Gasteiger partial charge in [-0.3, -0.25) is 9.69 Å². The number of benzene rings is 1. The standard InChI is InChI=1S/C16H23NO5/c1-2-14(13-6-4-3-5-7-13)17(9-8-15(21)22)16(10-18,11-19)12-20/h2-7,14,18-20H,1,8-12H2,(H,21,22). The van der Waals surface area contributed by atoms with Gasteiger partial charge >= 0.3 is 5.97 Å². The van der Waals surface area contributed by atoms with E-state index in [0.717, 1.165) is 5.56 Å². The van der Waals surface area contributed by atoms with Crippen LogP contribution in [-0.4, -0.2) is 63.2 Å². The van der Waals surface area contributed by atoms with Crippen molar-refractivity contribution in [3.05, 3.63) is 48.6 Å². The Labute approximate surface area is 129 Å². The number of carboxylic acid groups (broad SMARTS) is 1. The molecule has 0 aliphatic heterocycles. The minimum absolute atomic E-state index is 0.0581. The number of nitrogens with zero attached hydrogens (tertiary/aromatic N) is 1. The molecular weight excluding hydrogens is 286 g/mol. The zero-order chi connectivity index (χ0) is 16.6. The number of aliphatic carboxylic acids is 1. The zero-order valence-corrected chi connectivity index (χ0v) is 12.4. The number of aliphatic hydroxyl groups is 3. The van der Waals surface area contributed by atoms with Crippen LogP contribution in [0.1, 0.15) is 18.0 Å². The van der Waals surface area contributed by atoms with Crippen LogP contribution in [0.4, 0.5) is 0 Å². The van der Waals surface area contributed by atoms with E-state index < -0.39 is 37.4 Å². The number of carbonyl (C=O) groups is 1. The Bertz CT molecular complexity index is 464. The van der Waals surface area contributed by atoms with Crippen molar-refractivity contribution < 1.29 is 25.2 Å². The predicted octanol–water partition coefficient (Wildman–Crippen LogP) is 0.406. The van der Waals surface area contributed by atoms with Crippen LogP contribution >= 0.6 is 0 Å². The van der Waals surface area contributed by atoms with Gasteiger partial charge in [0.05, 0.1) is 37.8 Å². The molecular formula is C16H23NO5. The van der Waals surface area contributed by atoms with Crippen molar-refractivity contribution in [2.75, 3.05) is 26.4 Å². The highest BCUT2D eigenvalue weighted by Gasteiger charge is 2.39. The minimum Gasteiger partial charge on any atom is -0.481 e. The smallest absolute Gasteiger partial charge is 0.304 e. The van der Waals surface area contributed by atoms with Crippen molar-refractivity contribution in [2.24, 2.45) is 0 Å². The second-order valence-electron chi connectivity index (χ2n) is 5.13. The molecule has 0 saturated heterocycles. The summed E-state index contributed by atoms with van der Waals surface area (Å²) in [5.41, 5.74) is -0.493. The Balaban J connectivity index is 3.22. The van der Waals surface area contributed by atoms with Gasteiger partial charge in [0, 0.05) is 6.54 Å². The third kappa shape index (κ3) is 4.14. The molecule has 0 amide bonds. The van der Waals surface area contributed by atoms with Crippen molar-refractivity contribution in [3.8, 4) is 0 Å². The van der Waals surface area contributed by atoms with E-state index in [9.17, 15) is 20.1 Å². The van der Waals surface area contributed by atoms with Gasteiger partial charge in [-0.25, -0.2) is 0 Å². The minimum atomic E-state index is -1.33. The number of hydrogen-bond donors (Lipinski definition) is 4. The summed E-state index contributed by atoms with van der Waals surface area (Å²) in [6.45, 7) is 2.32. The highest BCUT2D eigenvalue weighted by Crippen LogP contribution is 2.29. The first kappa shape index (κ1) is 18.3. The van der Waals surface area contributed by atoms with E-state index in [2.05, 4.69) is 6.58 Å². The van der Waals surface area contributed by atoms with Crippen LogP contribution in [-0.2, 0) is 4.79 Å². The fraction of sp³-hybridized carbons (Fsp3) is 0.438. The highest BCUT2D eigenvalue weighted by atomic mass is 16.4. The molecule has 1 aromatic rings. The van der Waals surface area contributed by atoms with E-state index in [4.69, 9.17) is 5.11 Å². The van der Waals surface area contributed by atoms with Crippen LogP contribution in [0.5, 0.6) is 0 Å². The maximum absolute atomic E-state index is 10.9. The molecule has 1 atom stereocenters. The van der Waals surface area contributed by atoms with E-state index in [0.29, 0.717) is 0 Å². The molecule has 6 nitrogen and oxygen atoms in total. The van der Waals surface area contributed by atoms with Gasteiger partial charge in [0.25, 0.3) is 0 Å². The molecule has 1 aromatic carbocycles. The second kappa shape index (κ2) is 8.65. The summed E-state index contributed by atoms with van der Waals surface area (Å²) in [6.07, 6.45) is 1.42. The average Bonchev–Trinajstić information content (AvgIpc) is 2.55. The molecule has 6 heteroatoms. The molecule has 0 aromatic heterocycles. The summed E-state index contributed by atoms with van der Waals surface area (Å²) in [5, 5.41) is 37.9. The number of hydrogen-bond acceptors (Lipinski definition) is 5. The summed E-state index contributed by atoms with van der Waals surface area (Å²) >= 11 is 0. The lowest BCUT2D eigenvalue weighted by Crippen LogP contribution is -2.58. The van der Waals surface area contributed by atoms with Gasteiger partial charge in [0.2, 0.25) is 0 Å². The molecule has 0 spiro atoms. The van der Waals surface area contributed by atoms with Gasteiger partial charge in [-0.15, -0.1) is 6.58 Å². The fourth-order valence-electron chi connectivity index (χ4n) is 2.40. The third-order valence-corrected chi connectivity index (χ3v) is 3.76. The van der Waals surface area contributed by atoms with Crippen molar-refractivity contribution in [1.82, 2.24) is 4.90 Å². The van der Waals surface area contributed by atoms with E-state index in [1.807, 2.05) is 30.3 Å². The van der Waals surface area contributed by atoms with Gasteiger partial charge in [-0.2, -0.15) is 0 Å². The summed E-state index contributed by atoms with van der Waals surface area (Å²) in [6, 6.07) is 8.77. The van der Waals surface area contributed by atoms with E-state index in [-0.39, 0.29) is 13.0 Å². The van der Waals surface area contributed by atoms with Gasteiger partial charge in [0.15, 0.2) is 0 Å². The predicted molar refractivity (Wildman–Crippen MR) is 82.3 cm³/mol. The number of carboxylic acids is 1. The maximum Gasteiger partial charge on any atom is 0.304 e. The van der Waals surface area contributed by atoms with E-state index in [1.54, 1.807) is 11.0 Å². The normalized spacial score (nSPS) is 13.1. The second-order valence-corrected chi connectivity index (χ2v) is 5.13. The SMILES string of the molecule is C=CC(c1ccccc1)N(CCC(=O)O)C(CO)(CO)CO.